The number of morpholine rings is 1. The summed E-state index contributed by atoms with van der Waals surface area (Å²) >= 11 is 0. The monoisotopic (exact) mass is 411 g/mol. The second kappa shape index (κ2) is 8.15. The van der Waals surface area contributed by atoms with E-state index in [2.05, 4.69) is 15.3 Å². The Balaban J connectivity index is 1.13. The van der Waals surface area contributed by atoms with Gasteiger partial charge in [-0.25, -0.2) is 4.98 Å². The van der Waals surface area contributed by atoms with Crippen LogP contribution in [0.4, 0.5) is 0 Å². The van der Waals surface area contributed by atoms with Crippen molar-refractivity contribution >= 4 is 17.1 Å². The molecule has 1 amide bonds. The van der Waals surface area contributed by atoms with Crippen molar-refractivity contribution in [3.05, 3.63) is 42.1 Å². The summed E-state index contributed by atoms with van der Waals surface area (Å²) in [6, 6.07) is 9.38. The molecule has 156 valence electrons. The zero-order valence-electron chi connectivity index (χ0n) is 16.3. The summed E-state index contributed by atoms with van der Waals surface area (Å²) in [4.78, 5) is 25.7. The van der Waals surface area contributed by atoms with Gasteiger partial charge in [-0.2, -0.15) is 0 Å². The van der Waals surface area contributed by atoms with E-state index in [0.29, 0.717) is 43.7 Å². The minimum absolute atomic E-state index is 0.0915. The van der Waals surface area contributed by atoms with Gasteiger partial charge in [-0.15, -0.1) is 5.10 Å². The first-order chi connectivity index (χ1) is 14.8. The van der Waals surface area contributed by atoms with Crippen LogP contribution >= 0.6 is 0 Å². The standard InChI is InChI=1S/C20H21N5O5/c26-19(6-4-14-3-5-17-18(10-14)29-13-28-17)24-8-9-27-15(11-24)12-30-25-20-16(22-23-25)2-1-7-21-20/h1-3,5,7,10,15H,4,6,8-9,11-13H2. The third-order valence-electron chi connectivity index (χ3n) is 5.12. The highest BCUT2D eigenvalue weighted by atomic mass is 16.7. The number of carbonyl (C=O) groups excluding carboxylic acids is 1. The second-order valence-corrected chi connectivity index (χ2v) is 7.12. The Morgan fingerprint density at radius 1 is 1.23 bits per heavy atom. The summed E-state index contributed by atoms with van der Waals surface area (Å²) < 4.78 is 16.5. The minimum Gasteiger partial charge on any atom is -0.454 e. The van der Waals surface area contributed by atoms with Crippen LogP contribution in [0.3, 0.4) is 0 Å². The van der Waals surface area contributed by atoms with Crippen molar-refractivity contribution in [2.75, 3.05) is 33.1 Å². The van der Waals surface area contributed by atoms with Crippen molar-refractivity contribution < 1.29 is 23.8 Å². The average Bonchev–Trinajstić information content (AvgIpc) is 3.42. The fourth-order valence-corrected chi connectivity index (χ4v) is 3.54. The Labute approximate surface area is 172 Å². The Kier molecular flexibility index (Phi) is 5.06. The molecule has 0 spiro atoms. The molecule has 0 bridgehead atoms. The largest absolute Gasteiger partial charge is 0.454 e. The van der Waals surface area contributed by atoms with Crippen LogP contribution in [-0.4, -0.2) is 70.1 Å². The number of fused-ring (bicyclic) bond motifs is 2. The van der Waals surface area contributed by atoms with Crippen molar-refractivity contribution in [3.8, 4) is 11.5 Å². The molecule has 1 saturated heterocycles. The summed E-state index contributed by atoms with van der Waals surface area (Å²) in [6.07, 6.45) is 2.48. The molecule has 30 heavy (non-hydrogen) atoms. The van der Waals surface area contributed by atoms with Gasteiger partial charge in [0.1, 0.15) is 18.2 Å². The van der Waals surface area contributed by atoms with E-state index in [-0.39, 0.29) is 25.4 Å². The Bertz CT molecular complexity index is 1050. The third-order valence-corrected chi connectivity index (χ3v) is 5.12. The minimum atomic E-state index is -0.240. The van der Waals surface area contributed by atoms with Gasteiger partial charge in [-0.1, -0.05) is 10.9 Å². The number of aromatic nitrogens is 4. The van der Waals surface area contributed by atoms with E-state index in [1.165, 1.54) is 4.85 Å². The number of amides is 1. The molecule has 0 aliphatic carbocycles. The van der Waals surface area contributed by atoms with Crippen molar-refractivity contribution in [2.24, 2.45) is 0 Å². The molecule has 0 radical (unpaired) electrons. The lowest BCUT2D eigenvalue weighted by molar-refractivity contribution is -0.141. The van der Waals surface area contributed by atoms with Gasteiger partial charge in [0, 0.05) is 19.2 Å². The molecule has 2 aromatic heterocycles. The molecule has 0 saturated carbocycles. The van der Waals surface area contributed by atoms with E-state index in [0.717, 1.165) is 17.1 Å². The molecule has 0 N–H and O–H groups in total. The predicted octanol–water partition coefficient (Wildman–Crippen LogP) is 0.844. The first kappa shape index (κ1) is 18.6. The fraction of sp³-hybridized carbons (Fsp3) is 0.400. The molecule has 5 rings (SSSR count). The van der Waals surface area contributed by atoms with Gasteiger partial charge in [0.25, 0.3) is 0 Å². The lowest BCUT2D eigenvalue weighted by Gasteiger charge is -2.32. The van der Waals surface area contributed by atoms with Gasteiger partial charge in [0.2, 0.25) is 18.3 Å². The topological polar surface area (TPSA) is 101 Å². The highest BCUT2D eigenvalue weighted by Crippen LogP contribution is 2.32. The molecule has 2 aliphatic heterocycles. The summed E-state index contributed by atoms with van der Waals surface area (Å²) in [5.74, 6) is 1.57. The average molecular weight is 411 g/mol. The van der Waals surface area contributed by atoms with Crippen LogP contribution < -0.4 is 14.3 Å². The van der Waals surface area contributed by atoms with Gasteiger partial charge in [-0.3, -0.25) is 4.79 Å². The van der Waals surface area contributed by atoms with E-state index in [1.54, 1.807) is 12.3 Å². The maximum atomic E-state index is 12.7. The maximum absolute atomic E-state index is 12.7. The molecule has 1 atom stereocenters. The van der Waals surface area contributed by atoms with Crippen LogP contribution in [0.1, 0.15) is 12.0 Å². The van der Waals surface area contributed by atoms with Crippen LogP contribution in [0.5, 0.6) is 11.5 Å². The summed E-state index contributed by atoms with van der Waals surface area (Å²) in [7, 11) is 0. The molecular formula is C20H21N5O5. The number of ether oxygens (including phenoxy) is 3. The molecule has 2 aliphatic rings. The first-order valence-electron chi connectivity index (χ1n) is 9.84. The Hall–Kier alpha value is -3.40. The Morgan fingerprint density at radius 2 is 2.17 bits per heavy atom. The number of rotatable bonds is 6. The van der Waals surface area contributed by atoms with Crippen molar-refractivity contribution in [2.45, 2.75) is 18.9 Å². The predicted molar refractivity (Wildman–Crippen MR) is 104 cm³/mol. The van der Waals surface area contributed by atoms with Crippen LogP contribution in [0.15, 0.2) is 36.5 Å². The zero-order valence-corrected chi connectivity index (χ0v) is 16.3. The number of hydrogen-bond donors (Lipinski definition) is 0. The van der Waals surface area contributed by atoms with Gasteiger partial charge >= 0.3 is 0 Å². The number of benzene rings is 1. The molecule has 1 aromatic carbocycles. The van der Waals surface area contributed by atoms with Crippen molar-refractivity contribution in [3.63, 3.8) is 0 Å². The number of pyridine rings is 1. The quantitative estimate of drug-likeness (QED) is 0.588. The second-order valence-electron chi connectivity index (χ2n) is 7.12. The molecule has 1 fully saturated rings. The number of carbonyl (C=O) groups is 1. The smallest absolute Gasteiger partial charge is 0.231 e. The van der Waals surface area contributed by atoms with E-state index >= 15 is 0 Å². The first-order valence-corrected chi connectivity index (χ1v) is 9.84. The summed E-state index contributed by atoms with van der Waals surface area (Å²) in [5, 5.41) is 7.95. The third kappa shape index (κ3) is 3.86. The molecule has 10 nitrogen and oxygen atoms in total. The van der Waals surface area contributed by atoms with Crippen LogP contribution in [0, 0.1) is 0 Å². The van der Waals surface area contributed by atoms with Gasteiger partial charge in [-0.05, 0) is 41.5 Å². The number of nitrogens with zero attached hydrogens (tertiary/aromatic N) is 5. The molecule has 10 heteroatoms. The molecule has 3 aromatic rings. The van der Waals surface area contributed by atoms with Gasteiger partial charge in [0.15, 0.2) is 11.5 Å². The van der Waals surface area contributed by atoms with Crippen LogP contribution in [-0.2, 0) is 16.0 Å². The van der Waals surface area contributed by atoms with E-state index in [1.807, 2.05) is 29.2 Å². The normalized spacial score (nSPS) is 18.0. The summed E-state index contributed by atoms with van der Waals surface area (Å²) in [5.41, 5.74) is 2.25. The summed E-state index contributed by atoms with van der Waals surface area (Å²) in [6.45, 7) is 2.01. The fourth-order valence-electron chi connectivity index (χ4n) is 3.54. The lowest BCUT2D eigenvalue weighted by atomic mass is 10.1. The molecule has 1 unspecified atom stereocenters. The van der Waals surface area contributed by atoms with Gasteiger partial charge in [0.05, 0.1) is 13.2 Å². The van der Waals surface area contributed by atoms with Crippen LogP contribution in [0.25, 0.3) is 11.2 Å². The van der Waals surface area contributed by atoms with E-state index in [4.69, 9.17) is 19.0 Å². The van der Waals surface area contributed by atoms with Crippen LogP contribution in [0.2, 0.25) is 0 Å². The van der Waals surface area contributed by atoms with Crippen molar-refractivity contribution in [1.29, 1.82) is 0 Å². The SMILES string of the molecule is O=C(CCc1ccc2c(c1)OCO2)N1CCOC(COn2nnc3cccnc32)C1. The molecular weight excluding hydrogens is 390 g/mol. The zero-order chi connectivity index (χ0) is 20.3. The molecule has 4 heterocycles. The van der Waals surface area contributed by atoms with E-state index in [9.17, 15) is 4.79 Å². The van der Waals surface area contributed by atoms with Gasteiger partial charge < -0.3 is 23.9 Å². The highest BCUT2D eigenvalue weighted by Gasteiger charge is 2.25. The number of hydrogen-bond acceptors (Lipinski definition) is 8. The van der Waals surface area contributed by atoms with E-state index < -0.39 is 0 Å². The van der Waals surface area contributed by atoms with Crippen molar-refractivity contribution in [1.82, 2.24) is 25.0 Å². The highest BCUT2D eigenvalue weighted by molar-refractivity contribution is 5.76. The number of aryl methyl sites for hydroxylation is 1. The lowest BCUT2D eigenvalue weighted by Crippen LogP contribution is -2.48. The Morgan fingerprint density at radius 3 is 3.13 bits per heavy atom. The maximum Gasteiger partial charge on any atom is 0.231 e.